The van der Waals surface area contributed by atoms with E-state index in [2.05, 4.69) is 9.97 Å². The summed E-state index contributed by atoms with van der Waals surface area (Å²) in [5, 5.41) is 1.46. The van der Waals surface area contributed by atoms with E-state index in [4.69, 9.17) is 36.3 Å². The molecule has 2 aromatic heterocycles. The third kappa shape index (κ3) is 3.40. The van der Waals surface area contributed by atoms with Gasteiger partial charge in [0.05, 0.1) is 50.8 Å². The number of rotatable bonds is 6. The lowest BCUT2D eigenvalue weighted by atomic mass is 9.98. The predicted molar refractivity (Wildman–Crippen MR) is 137 cm³/mol. The van der Waals surface area contributed by atoms with E-state index in [-0.39, 0.29) is 23.4 Å². The van der Waals surface area contributed by atoms with Crippen LogP contribution in [0.2, 0.25) is 0 Å². The number of amides is 1. The zero-order valence-corrected chi connectivity index (χ0v) is 20.9. The lowest BCUT2D eigenvalue weighted by Crippen LogP contribution is -2.30. The van der Waals surface area contributed by atoms with E-state index in [1.54, 1.807) is 29.2 Å². The van der Waals surface area contributed by atoms with E-state index in [9.17, 15) is 9.59 Å². The molecule has 0 fully saturated rings. The fourth-order valence-corrected chi connectivity index (χ4v) is 5.19. The monoisotopic (exact) mass is 512 g/mol. The van der Waals surface area contributed by atoms with Crippen LogP contribution in [0.3, 0.4) is 0 Å². The zero-order chi connectivity index (χ0) is 25.7. The largest absolute Gasteiger partial charge is 0.493 e. The molecule has 1 aliphatic rings. The molecule has 1 amide bonds. The number of nitrogens with one attached hydrogen (secondary N) is 2. The number of hydrogen-bond donors (Lipinski definition) is 3. The van der Waals surface area contributed by atoms with Gasteiger partial charge in [-0.25, -0.2) is 4.79 Å². The number of alkyl halides is 1. The second-order valence-corrected chi connectivity index (χ2v) is 8.73. The number of carbonyl (C=O) groups excluding carboxylic acids is 2. The maximum absolute atomic E-state index is 13.8. The Balaban J connectivity index is 1.63. The van der Waals surface area contributed by atoms with Crippen LogP contribution in [0.25, 0.3) is 21.8 Å². The maximum atomic E-state index is 13.8. The van der Waals surface area contributed by atoms with E-state index in [1.165, 1.54) is 28.4 Å². The van der Waals surface area contributed by atoms with Gasteiger partial charge in [0.1, 0.15) is 11.4 Å². The molecule has 0 spiro atoms. The minimum Gasteiger partial charge on any atom is -0.493 e. The summed E-state index contributed by atoms with van der Waals surface area (Å²) in [6.07, 6.45) is 0. The van der Waals surface area contributed by atoms with E-state index in [0.29, 0.717) is 51.9 Å². The smallest absolute Gasteiger partial charge is 0.354 e. The normalized spacial score (nSPS) is 14.8. The summed E-state index contributed by atoms with van der Waals surface area (Å²) in [5.41, 5.74) is 10.1. The first-order valence-electron chi connectivity index (χ1n) is 11.1. The fourth-order valence-electron chi connectivity index (χ4n) is 4.94. The topological polar surface area (TPSA) is 132 Å². The van der Waals surface area contributed by atoms with Gasteiger partial charge in [-0.1, -0.05) is 0 Å². The number of ether oxygens (including phenoxy) is 4. The molecule has 2 aromatic carbocycles. The molecule has 11 heteroatoms. The van der Waals surface area contributed by atoms with Crippen LogP contribution >= 0.6 is 11.6 Å². The first-order chi connectivity index (χ1) is 17.4. The Hall–Kier alpha value is -4.05. The fraction of sp³-hybridized carbons (Fsp3) is 0.280. The van der Waals surface area contributed by atoms with Crippen LogP contribution in [0.1, 0.15) is 32.5 Å². The number of halogens is 1. The molecule has 10 nitrogen and oxygen atoms in total. The number of benzene rings is 2. The first kappa shape index (κ1) is 23.7. The van der Waals surface area contributed by atoms with Crippen molar-refractivity contribution in [3.63, 3.8) is 0 Å². The SMILES string of the molecule is COC(=O)c1cc2c3c(cc(N)c2[nH]1)N(C(=O)c1cc2cc(OC)c(OC)c(OC)c2[nH]1)C[C@H]3CCl. The minimum atomic E-state index is -0.509. The molecule has 4 aromatic rings. The summed E-state index contributed by atoms with van der Waals surface area (Å²) >= 11 is 6.34. The molecule has 1 atom stereocenters. The van der Waals surface area contributed by atoms with Crippen molar-refractivity contribution in [3.05, 3.63) is 41.2 Å². The quantitative estimate of drug-likeness (QED) is 0.202. The lowest BCUT2D eigenvalue weighted by molar-refractivity contribution is 0.0595. The maximum Gasteiger partial charge on any atom is 0.354 e. The molecule has 0 saturated carbocycles. The van der Waals surface area contributed by atoms with Gasteiger partial charge in [0.15, 0.2) is 11.5 Å². The highest BCUT2D eigenvalue weighted by Gasteiger charge is 2.36. The number of nitrogens with zero attached hydrogens (tertiary/aromatic N) is 1. The second-order valence-electron chi connectivity index (χ2n) is 8.42. The van der Waals surface area contributed by atoms with Crippen LogP contribution in [0.5, 0.6) is 17.2 Å². The summed E-state index contributed by atoms with van der Waals surface area (Å²) in [7, 11) is 5.89. The Bertz CT molecular complexity index is 1520. The molecule has 3 heterocycles. The highest BCUT2D eigenvalue weighted by Crippen LogP contribution is 2.46. The Labute approximate surface area is 211 Å². The number of aromatic nitrogens is 2. The number of hydrogen-bond acceptors (Lipinski definition) is 7. The third-order valence-corrected chi connectivity index (χ3v) is 6.93. The highest BCUT2D eigenvalue weighted by molar-refractivity contribution is 6.19. The zero-order valence-electron chi connectivity index (χ0n) is 20.2. The second kappa shape index (κ2) is 8.87. The van der Waals surface area contributed by atoms with E-state index >= 15 is 0 Å². The summed E-state index contributed by atoms with van der Waals surface area (Å²) in [6.45, 7) is 0.355. The van der Waals surface area contributed by atoms with Crippen LogP contribution in [0.15, 0.2) is 24.3 Å². The van der Waals surface area contributed by atoms with Crippen LogP contribution in [-0.4, -0.2) is 62.7 Å². The van der Waals surface area contributed by atoms with Crippen molar-refractivity contribution >= 4 is 56.7 Å². The van der Waals surface area contributed by atoms with E-state index in [0.717, 1.165) is 16.3 Å². The summed E-state index contributed by atoms with van der Waals surface area (Å²) in [6, 6.07) is 6.94. The summed E-state index contributed by atoms with van der Waals surface area (Å²) in [5.74, 6) is 0.689. The lowest BCUT2D eigenvalue weighted by Gasteiger charge is -2.17. The summed E-state index contributed by atoms with van der Waals surface area (Å²) in [4.78, 5) is 33.7. The Morgan fingerprint density at radius 3 is 2.36 bits per heavy atom. The van der Waals surface area contributed by atoms with Crippen LogP contribution in [-0.2, 0) is 4.74 Å². The van der Waals surface area contributed by atoms with Crippen molar-refractivity contribution in [2.24, 2.45) is 0 Å². The van der Waals surface area contributed by atoms with Gasteiger partial charge in [-0.3, -0.25) is 4.79 Å². The van der Waals surface area contributed by atoms with Crippen LogP contribution in [0, 0.1) is 0 Å². The van der Waals surface area contributed by atoms with Crippen LogP contribution in [0.4, 0.5) is 11.4 Å². The van der Waals surface area contributed by atoms with E-state index in [1.807, 2.05) is 0 Å². The number of methoxy groups -OCH3 is 4. The molecule has 0 saturated heterocycles. The molecular weight excluding hydrogens is 488 g/mol. The number of aromatic amines is 2. The molecule has 0 bridgehead atoms. The number of nitrogens with two attached hydrogens (primary N) is 1. The average molecular weight is 513 g/mol. The van der Waals surface area contributed by atoms with Gasteiger partial charge in [-0.2, -0.15) is 0 Å². The van der Waals surface area contributed by atoms with Gasteiger partial charge in [0.25, 0.3) is 5.91 Å². The molecule has 188 valence electrons. The van der Waals surface area contributed by atoms with Crippen molar-refractivity contribution in [2.75, 3.05) is 51.5 Å². The average Bonchev–Trinajstić information content (AvgIpc) is 3.61. The van der Waals surface area contributed by atoms with Gasteiger partial charge >= 0.3 is 5.97 Å². The minimum absolute atomic E-state index is 0.158. The van der Waals surface area contributed by atoms with Gasteiger partial charge in [0.2, 0.25) is 5.75 Å². The predicted octanol–water partition coefficient (Wildman–Crippen LogP) is 4.03. The van der Waals surface area contributed by atoms with E-state index < -0.39 is 5.97 Å². The Morgan fingerprint density at radius 1 is 1.00 bits per heavy atom. The van der Waals surface area contributed by atoms with Crippen LogP contribution < -0.4 is 24.8 Å². The molecule has 0 aliphatic carbocycles. The number of anilines is 2. The molecule has 0 unspecified atom stereocenters. The molecule has 1 aliphatic heterocycles. The van der Waals surface area contributed by atoms with Gasteiger partial charge < -0.3 is 39.5 Å². The highest BCUT2D eigenvalue weighted by atomic mass is 35.5. The number of fused-ring (bicyclic) bond motifs is 4. The first-order valence-corrected chi connectivity index (χ1v) is 11.6. The Morgan fingerprint density at radius 2 is 1.72 bits per heavy atom. The number of nitrogen functional groups attached to an aromatic ring is 1. The molecular formula is C25H25ClN4O6. The van der Waals surface area contributed by atoms with Crippen molar-refractivity contribution in [2.45, 2.75) is 5.92 Å². The van der Waals surface area contributed by atoms with Gasteiger partial charge in [-0.15, -0.1) is 11.6 Å². The summed E-state index contributed by atoms with van der Waals surface area (Å²) < 4.78 is 21.3. The number of esters is 1. The molecule has 5 rings (SSSR count). The van der Waals surface area contributed by atoms with Gasteiger partial charge in [0, 0.05) is 29.1 Å². The molecule has 0 radical (unpaired) electrons. The van der Waals surface area contributed by atoms with Gasteiger partial charge in [-0.05, 0) is 29.8 Å². The van der Waals surface area contributed by atoms with Crippen molar-refractivity contribution in [1.82, 2.24) is 9.97 Å². The molecule has 36 heavy (non-hydrogen) atoms. The van der Waals surface area contributed by atoms with Crippen molar-refractivity contribution in [3.8, 4) is 17.2 Å². The number of carbonyl (C=O) groups is 2. The standard InChI is InChI=1S/C25H25ClN4O6/c1-33-18-6-11-5-15(28-20(11)23(35-3)22(18)34-2)24(31)30-10-12(9-26)19-13-7-16(25(32)36-4)29-21(13)14(27)8-17(19)30/h5-8,12,28-29H,9-10,27H2,1-4H3/t12-/m1/s1. The number of H-pyrrole nitrogens is 2. The van der Waals surface area contributed by atoms with Crippen molar-refractivity contribution < 1.29 is 28.5 Å². The Kier molecular flexibility index (Phi) is 5.83. The molecule has 4 N–H and O–H groups in total. The third-order valence-electron chi connectivity index (χ3n) is 6.55. The van der Waals surface area contributed by atoms with Crippen molar-refractivity contribution in [1.29, 1.82) is 0 Å².